The van der Waals surface area contributed by atoms with Crippen molar-refractivity contribution >= 4 is 23.4 Å². The summed E-state index contributed by atoms with van der Waals surface area (Å²) >= 11 is 0. The zero-order valence-electron chi connectivity index (χ0n) is 18.5. The fourth-order valence-corrected chi connectivity index (χ4v) is 3.29. The predicted octanol–water partition coefficient (Wildman–Crippen LogP) is 6.05. The summed E-state index contributed by atoms with van der Waals surface area (Å²) in [5, 5.41) is 8.84. The van der Waals surface area contributed by atoms with E-state index in [1.54, 1.807) is 24.5 Å². The first-order chi connectivity index (χ1) is 15.9. The standard InChI is InChI=1S/C21H22N3O3S.F6P/c1-3-27-19-10-8-18(9-11-19)21(23-24-15-5-4-14-22-24)16-17-6-12-20(13-7-17)28(2,25)26;1-7(2,3,4,5)6/h4-15H,3,16H2,1-2H3;/q+1;-1/b23-21-;. The predicted molar refractivity (Wildman–Crippen MR) is 121 cm³/mol. The van der Waals surface area contributed by atoms with Gasteiger partial charge in [-0.05, 0) is 55.0 Å². The van der Waals surface area contributed by atoms with E-state index in [4.69, 9.17) is 4.74 Å². The Morgan fingerprint density at radius 2 is 1.54 bits per heavy atom. The van der Waals surface area contributed by atoms with Crippen LogP contribution in [0.3, 0.4) is 0 Å². The van der Waals surface area contributed by atoms with Gasteiger partial charge >= 0.3 is 33.0 Å². The van der Waals surface area contributed by atoms with Crippen LogP contribution in [0.4, 0.5) is 25.2 Å². The van der Waals surface area contributed by atoms with E-state index in [0.717, 1.165) is 22.6 Å². The third-order valence-electron chi connectivity index (χ3n) is 4.05. The second-order valence-electron chi connectivity index (χ2n) is 7.17. The first-order valence-corrected chi connectivity index (χ1v) is 13.8. The summed E-state index contributed by atoms with van der Waals surface area (Å²) in [6.07, 6.45) is 5.16. The van der Waals surface area contributed by atoms with Crippen molar-refractivity contribution in [2.75, 3.05) is 12.9 Å². The maximum absolute atomic E-state index is 11.7. The summed E-state index contributed by atoms with van der Waals surface area (Å²) in [4.78, 5) is 1.81. The maximum atomic E-state index is 11.7. The topological polar surface area (TPSA) is 72.5 Å². The number of aromatic nitrogens is 2. The fourth-order valence-electron chi connectivity index (χ4n) is 2.66. The van der Waals surface area contributed by atoms with Crippen molar-refractivity contribution in [3.63, 3.8) is 0 Å². The molecule has 1 heterocycles. The Balaban J connectivity index is 0.000000540. The van der Waals surface area contributed by atoms with E-state index in [1.165, 1.54) is 11.0 Å². The van der Waals surface area contributed by atoms with Crippen LogP contribution in [-0.2, 0) is 16.3 Å². The number of rotatable bonds is 7. The van der Waals surface area contributed by atoms with Gasteiger partial charge in [-0.2, -0.15) is 0 Å². The molecule has 3 rings (SSSR count). The third-order valence-corrected chi connectivity index (χ3v) is 5.17. The molecule has 0 unspecified atom stereocenters. The van der Waals surface area contributed by atoms with E-state index in [1.807, 2.05) is 55.5 Å². The van der Waals surface area contributed by atoms with Crippen LogP contribution in [0, 0.1) is 0 Å². The molecule has 6 nitrogen and oxygen atoms in total. The van der Waals surface area contributed by atoms with Crippen LogP contribution < -0.4 is 9.53 Å². The Kier molecular flexibility index (Phi) is 7.98. The molecule has 2 aromatic carbocycles. The molecule has 1 aromatic heterocycles. The molecular formula is C21H22F6N3O3PS. The summed E-state index contributed by atoms with van der Waals surface area (Å²) in [5.74, 6) is 0.800. The van der Waals surface area contributed by atoms with Crippen LogP contribution in [0.2, 0.25) is 0 Å². The summed E-state index contributed by atoms with van der Waals surface area (Å²) in [6, 6.07) is 18.3. The Bertz CT molecular complexity index is 1260. The molecule has 0 saturated heterocycles. The van der Waals surface area contributed by atoms with Gasteiger partial charge in [0.15, 0.2) is 9.84 Å². The van der Waals surface area contributed by atoms with E-state index < -0.39 is 17.6 Å². The molecule has 14 heteroatoms. The molecule has 35 heavy (non-hydrogen) atoms. The molecule has 192 valence electrons. The van der Waals surface area contributed by atoms with Gasteiger partial charge in [0, 0.05) is 34.5 Å². The molecule has 0 aliphatic rings. The first kappa shape index (κ1) is 28.2. The Hall–Kier alpha value is -3.05. The molecule has 3 aromatic rings. The van der Waals surface area contributed by atoms with Crippen molar-refractivity contribution in [2.45, 2.75) is 18.2 Å². The van der Waals surface area contributed by atoms with Crippen molar-refractivity contribution in [3.8, 4) is 5.75 Å². The van der Waals surface area contributed by atoms with Crippen molar-refractivity contribution in [2.24, 2.45) is 5.10 Å². The molecule has 0 saturated carbocycles. The third kappa shape index (κ3) is 12.3. The van der Waals surface area contributed by atoms with Crippen molar-refractivity contribution in [1.29, 1.82) is 0 Å². The summed E-state index contributed by atoms with van der Waals surface area (Å²) in [7, 11) is -13.9. The number of nitrogens with zero attached hydrogens (tertiary/aromatic N) is 3. The zero-order chi connectivity index (χ0) is 26.4. The van der Waals surface area contributed by atoms with Gasteiger partial charge in [-0.3, -0.25) is 0 Å². The van der Waals surface area contributed by atoms with Crippen LogP contribution >= 0.6 is 7.81 Å². The quantitative estimate of drug-likeness (QED) is 0.158. The molecule has 0 aliphatic carbocycles. The Labute approximate surface area is 198 Å². The van der Waals surface area contributed by atoms with Gasteiger partial charge in [0.25, 0.3) is 0 Å². The van der Waals surface area contributed by atoms with Gasteiger partial charge in [-0.25, -0.2) is 8.42 Å². The normalized spacial score (nSPS) is 14.2. The monoisotopic (exact) mass is 541 g/mol. The number of halogens is 6. The number of hydrogen-bond acceptors (Lipinski definition) is 5. The zero-order valence-corrected chi connectivity index (χ0v) is 20.2. The average Bonchev–Trinajstić information content (AvgIpc) is 2.72. The van der Waals surface area contributed by atoms with E-state index in [9.17, 15) is 33.6 Å². The van der Waals surface area contributed by atoms with Gasteiger partial charge in [-0.1, -0.05) is 12.1 Å². The van der Waals surface area contributed by atoms with Crippen LogP contribution in [0.5, 0.6) is 5.75 Å². The molecule has 0 N–H and O–H groups in total. The van der Waals surface area contributed by atoms with Gasteiger partial charge < -0.3 is 4.74 Å². The second kappa shape index (κ2) is 9.90. The molecule has 0 spiro atoms. The van der Waals surface area contributed by atoms with Crippen LogP contribution in [-0.4, -0.2) is 32.1 Å². The van der Waals surface area contributed by atoms with Gasteiger partial charge in [0.2, 0.25) is 6.20 Å². The molecule has 0 atom stereocenters. The van der Waals surface area contributed by atoms with Crippen LogP contribution in [0.25, 0.3) is 0 Å². The van der Waals surface area contributed by atoms with Gasteiger partial charge in [0.05, 0.1) is 22.5 Å². The van der Waals surface area contributed by atoms with Crippen molar-refractivity contribution < 1.29 is 43.1 Å². The molecular weight excluding hydrogens is 519 g/mol. The average molecular weight is 541 g/mol. The second-order valence-corrected chi connectivity index (χ2v) is 11.1. The molecule has 0 amide bonds. The number of hydrogen-bond donors (Lipinski definition) is 0. The first-order valence-electron chi connectivity index (χ1n) is 9.90. The Morgan fingerprint density at radius 3 is 2.00 bits per heavy atom. The van der Waals surface area contributed by atoms with Crippen LogP contribution in [0.1, 0.15) is 18.1 Å². The van der Waals surface area contributed by atoms with E-state index in [2.05, 4.69) is 10.2 Å². The summed E-state index contributed by atoms with van der Waals surface area (Å²) < 4.78 is 88.0. The Morgan fingerprint density at radius 1 is 0.971 bits per heavy atom. The number of benzene rings is 2. The summed E-state index contributed by atoms with van der Waals surface area (Å²) in [6.45, 7) is 2.55. The molecule has 0 radical (unpaired) electrons. The van der Waals surface area contributed by atoms with Gasteiger partial charge in [-0.15, -0.1) is 0 Å². The number of sulfone groups is 1. The van der Waals surface area contributed by atoms with E-state index in [-0.39, 0.29) is 0 Å². The van der Waals surface area contributed by atoms with Crippen molar-refractivity contribution in [1.82, 2.24) is 5.10 Å². The molecule has 0 fully saturated rings. The molecule has 0 aliphatic heterocycles. The molecule has 0 bridgehead atoms. The van der Waals surface area contributed by atoms with Gasteiger partial charge in [0.1, 0.15) is 11.5 Å². The van der Waals surface area contributed by atoms with Crippen molar-refractivity contribution in [3.05, 3.63) is 84.2 Å². The van der Waals surface area contributed by atoms with Crippen LogP contribution in [0.15, 0.2) is 83.1 Å². The minimum atomic E-state index is -10.7. The van der Waals surface area contributed by atoms with E-state index >= 15 is 0 Å². The number of ether oxygens (including phenoxy) is 1. The SMILES string of the molecule is CCOc1ccc(/C(Cc2ccc(S(C)(=O)=O)cc2)=N\[n+]2ccccn2)cc1.F[P-](F)(F)(F)(F)F. The fraction of sp³-hybridized carbons (Fsp3) is 0.190. The van der Waals surface area contributed by atoms with E-state index in [0.29, 0.717) is 17.9 Å². The minimum absolute atomic E-state index is 0.301. The summed E-state index contributed by atoms with van der Waals surface area (Å²) in [5.41, 5.74) is 2.70.